The van der Waals surface area contributed by atoms with Gasteiger partial charge in [0.05, 0.1) is 6.61 Å². The molecule has 0 aliphatic rings. The lowest BCUT2D eigenvalue weighted by Gasteiger charge is -2.22. The molecule has 0 aliphatic heterocycles. The molecule has 1 aromatic carbocycles. The summed E-state index contributed by atoms with van der Waals surface area (Å²) in [7, 11) is 0. The summed E-state index contributed by atoms with van der Waals surface area (Å²) in [5.41, 5.74) is 5.53. The molecule has 0 bridgehead atoms. The summed E-state index contributed by atoms with van der Waals surface area (Å²) in [4.78, 5) is 0. The van der Waals surface area contributed by atoms with Crippen molar-refractivity contribution >= 4 is 0 Å². The van der Waals surface area contributed by atoms with Crippen molar-refractivity contribution in [3.8, 4) is 5.75 Å². The van der Waals surface area contributed by atoms with Crippen LogP contribution in [0.2, 0.25) is 0 Å². The van der Waals surface area contributed by atoms with Crippen molar-refractivity contribution in [1.29, 1.82) is 0 Å². The van der Waals surface area contributed by atoms with Crippen molar-refractivity contribution in [2.75, 3.05) is 13.2 Å². The molecule has 0 heterocycles. The van der Waals surface area contributed by atoms with Crippen molar-refractivity contribution in [1.82, 2.24) is 0 Å². The predicted octanol–water partition coefficient (Wildman–Crippen LogP) is 2.72. The Kier molecular flexibility index (Phi) is 4.24. The van der Waals surface area contributed by atoms with Crippen molar-refractivity contribution in [2.45, 2.75) is 20.3 Å². The zero-order chi connectivity index (χ0) is 12.2. The maximum atomic E-state index is 13.2. The first-order valence-corrected chi connectivity index (χ1v) is 5.22. The second-order valence-electron chi connectivity index (χ2n) is 4.54. The van der Waals surface area contributed by atoms with Crippen LogP contribution in [-0.2, 0) is 0 Å². The number of nitrogens with two attached hydrogens (primary N) is 1. The van der Waals surface area contributed by atoms with Gasteiger partial charge in [-0.3, -0.25) is 0 Å². The molecular weight excluding hydrogens is 212 g/mol. The number of hydrogen-bond donors (Lipinski definition) is 1. The van der Waals surface area contributed by atoms with Gasteiger partial charge in [0.15, 0.2) is 11.6 Å². The van der Waals surface area contributed by atoms with Gasteiger partial charge in [-0.1, -0.05) is 13.8 Å². The van der Waals surface area contributed by atoms with E-state index in [1.165, 1.54) is 12.1 Å². The second kappa shape index (κ2) is 5.25. The van der Waals surface area contributed by atoms with Crippen LogP contribution in [-0.4, -0.2) is 13.2 Å². The van der Waals surface area contributed by atoms with Crippen LogP contribution in [0.1, 0.15) is 20.3 Å². The molecule has 90 valence electrons. The van der Waals surface area contributed by atoms with Crippen LogP contribution in [0.4, 0.5) is 8.78 Å². The molecule has 0 saturated carbocycles. The molecule has 1 aromatic rings. The molecule has 0 aromatic heterocycles. The summed E-state index contributed by atoms with van der Waals surface area (Å²) in [5, 5.41) is 0. The van der Waals surface area contributed by atoms with Gasteiger partial charge in [0.25, 0.3) is 0 Å². The van der Waals surface area contributed by atoms with E-state index in [-0.39, 0.29) is 11.2 Å². The van der Waals surface area contributed by atoms with E-state index in [0.717, 1.165) is 12.5 Å². The van der Waals surface area contributed by atoms with Crippen molar-refractivity contribution < 1.29 is 13.5 Å². The van der Waals surface area contributed by atoms with Crippen LogP contribution in [0.25, 0.3) is 0 Å². The molecule has 0 fully saturated rings. The molecule has 0 amide bonds. The Balaban J connectivity index is 2.49. The molecule has 0 radical (unpaired) electrons. The topological polar surface area (TPSA) is 35.2 Å². The fraction of sp³-hybridized carbons (Fsp3) is 0.500. The minimum Gasteiger partial charge on any atom is -0.490 e. The van der Waals surface area contributed by atoms with Crippen LogP contribution >= 0.6 is 0 Å². The Morgan fingerprint density at radius 1 is 1.31 bits per heavy atom. The highest BCUT2D eigenvalue weighted by Gasteiger charge is 2.15. The zero-order valence-corrected chi connectivity index (χ0v) is 9.59. The molecule has 1 rings (SSSR count). The maximum absolute atomic E-state index is 13.2. The molecule has 4 heteroatoms. The molecular formula is C12H17F2NO. The van der Waals surface area contributed by atoms with Gasteiger partial charge in [-0.25, -0.2) is 8.78 Å². The van der Waals surface area contributed by atoms with Gasteiger partial charge in [0, 0.05) is 6.07 Å². The average Bonchev–Trinajstić information content (AvgIpc) is 2.21. The number of benzene rings is 1. The molecule has 0 atom stereocenters. The van der Waals surface area contributed by atoms with Gasteiger partial charge < -0.3 is 10.5 Å². The summed E-state index contributed by atoms with van der Waals surface area (Å²) in [6, 6.07) is 3.27. The third-order valence-corrected chi connectivity index (χ3v) is 2.48. The van der Waals surface area contributed by atoms with Crippen LogP contribution in [0, 0.1) is 17.0 Å². The molecule has 0 aliphatic carbocycles. The van der Waals surface area contributed by atoms with Crippen LogP contribution in [0.3, 0.4) is 0 Å². The summed E-state index contributed by atoms with van der Waals surface area (Å²) < 4.78 is 31.0. The number of hydrogen-bond acceptors (Lipinski definition) is 2. The van der Waals surface area contributed by atoms with Crippen LogP contribution in [0.5, 0.6) is 5.75 Å². The highest BCUT2D eigenvalue weighted by atomic mass is 19.1. The predicted molar refractivity (Wildman–Crippen MR) is 59.3 cm³/mol. The van der Waals surface area contributed by atoms with Crippen LogP contribution in [0.15, 0.2) is 18.2 Å². The largest absolute Gasteiger partial charge is 0.490 e. The molecule has 2 N–H and O–H groups in total. The third-order valence-electron chi connectivity index (χ3n) is 2.48. The first kappa shape index (κ1) is 12.9. The number of halogens is 2. The van der Waals surface area contributed by atoms with Crippen molar-refractivity contribution in [3.63, 3.8) is 0 Å². The average molecular weight is 229 g/mol. The fourth-order valence-corrected chi connectivity index (χ4v) is 1.13. The monoisotopic (exact) mass is 229 g/mol. The fourth-order valence-electron chi connectivity index (χ4n) is 1.13. The van der Waals surface area contributed by atoms with Gasteiger partial charge in [-0.2, -0.15) is 0 Å². The Hall–Kier alpha value is -1.16. The van der Waals surface area contributed by atoms with E-state index in [1.54, 1.807) is 0 Å². The van der Waals surface area contributed by atoms with E-state index < -0.39 is 11.6 Å². The van der Waals surface area contributed by atoms with E-state index in [0.29, 0.717) is 13.2 Å². The standard InChI is InChI=1S/C12H17F2NO/c1-12(2,8-15)5-6-16-11-4-3-9(13)7-10(11)14/h3-4,7H,5-6,8,15H2,1-2H3. The third kappa shape index (κ3) is 3.77. The zero-order valence-electron chi connectivity index (χ0n) is 9.59. The highest BCUT2D eigenvalue weighted by molar-refractivity contribution is 5.24. The van der Waals surface area contributed by atoms with E-state index in [1.807, 2.05) is 13.8 Å². The minimum atomic E-state index is -0.675. The van der Waals surface area contributed by atoms with Crippen molar-refractivity contribution in [2.24, 2.45) is 11.1 Å². The van der Waals surface area contributed by atoms with Gasteiger partial charge in [0.2, 0.25) is 0 Å². The van der Waals surface area contributed by atoms with Gasteiger partial charge in [0.1, 0.15) is 5.82 Å². The molecule has 0 saturated heterocycles. The summed E-state index contributed by atoms with van der Waals surface area (Å²) in [6.07, 6.45) is 0.723. The molecule has 0 spiro atoms. The van der Waals surface area contributed by atoms with E-state index in [4.69, 9.17) is 10.5 Å². The smallest absolute Gasteiger partial charge is 0.167 e. The summed E-state index contributed by atoms with van der Waals surface area (Å²) >= 11 is 0. The lowest BCUT2D eigenvalue weighted by atomic mass is 9.90. The van der Waals surface area contributed by atoms with E-state index in [2.05, 4.69) is 0 Å². The first-order valence-electron chi connectivity index (χ1n) is 5.22. The minimum absolute atomic E-state index is 0.0312. The lowest BCUT2D eigenvalue weighted by Crippen LogP contribution is -2.25. The van der Waals surface area contributed by atoms with Crippen LogP contribution < -0.4 is 10.5 Å². The SMILES string of the molecule is CC(C)(CN)CCOc1ccc(F)cc1F. The normalized spacial score (nSPS) is 11.6. The van der Waals surface area contributed by atoms with Crippen molar-refractivity contribution in [3.05, 3.63) is 29.8 Å². The Morgan fingerprint density at radius 2 is 2.00 bits per heavy atom. The Bertz CT molecular complexity index is 353. The number of ether oxygens (including phenoxy) is 1. The van der Waals surface area contributed by atoms with E-state index in [9.17, 15) is 8.78 Å². The maximum Gasteiger partial charge on any atom is 0.167 e. The van der Waals surface area contributed by atoms with E-state index >= 15 is 0 Å². The quantitative estimate of drug-likeness (QED) is 0.842. The summed E-state index contributed by atoms with van der Waals surface area (Å²) in [6.45, 7) is 4.93. The molecule has 2 nitrogen and oxygen atoms in total. The van der Waals surface area contributed by atoms with Gasteiger partial charge in [-0.15, -0.1) is 0 Å². The van der Waals surface area contributed by atoms with Gasteiger partial charge in [-0.05, 0) is 30.5 Å². The Labute approximate surface area is 94.4 Å². The molecule has 16 heavy (non-hydrogen) atoms. The summed E-state index contributed by atoms with van der Waals surface area (Å²) in [5.74, 6) is -1.20. The Morgan fingerprint density at radius 3 is 2.56 bits per heavy atom. The van der Waals surface area contributed by atoms with Gasteiger partial charge >= 0.3 is 0 Å². The second-order valence-corrected chi connectivity index (χ2v) is 4.54. The molecule has 0 unspecified atom stereocenters. The lowest BCUT2D eigenvalue weighted by molar-refractivity contribution is 0.226. The first-order chi connectivity index (χ1) is 7.44. The highest BCUT2D eigenvalue weighted by Crippen LogP contribution is 2.21. The number of rotatable bonds is 5.